The number of carbonyl (C=O) groups excluding carboxylic acids is 1. The summed E-state index contributed by atoms with van der Waals surface area (Å²) in [6.45, 7) is 0.782. The first kappa shape index (κ1) is 23.9. The molecule has 4 aromatic rings. The number of hydrogen-bond donors (Lipinski definition) is 1. The first-order valence-electron chi connectivity index (χ1n) is 10.8. The molecule has 0 saturated heterocycles. The summed E-state index contributed by atoms with van der Waals surface area (Å²) in [5.41, 5.74) is 4.34. The lowest BCUT2D eigenvalue weighted by Gasteiger charge is -2.09. The molecule has 0 bridgehead atoms. The molecule has 0 radical (unpaired) electrons. The van der Waals surface area contributed by atoms with E-state index in [0.29, 0.717) is 13.2 Å². The molecule has 0 atom stereocenters. The second-order valence-electron chi connectivity index (χ2n) is 7.80. The van der Waals surface area contributed by atoms with Crippen molar-refractivity contribution in [1.82, 2.24) is 4.72 Å². The Kier molecular flexibility index (Phi) is 7.36. The minimum absolute atomic E-state index is 0.0324. The fraction of sp³-hybridized carbons (Fsp3) is 0.0714. The summed E-state index contributed by atoms with van der Waals surface area (Å²) in [5, 5.41) is 9.13. The van der Waals surface area contributed by atoms with E-state index < -0.39 is 15.9 Å². The molecule has 0 saturated carbocycles. The van der Waals surface area contributed by atoms with Gasteiger partial charge in [-0.3, -0.25) is 4.79 Å². The molecule has 4 rings (SSSR count). The van der Waals surface area contributed by atoms with E-state index in [4.69, 9.17) is 10.00 Å². The van der Waals surface area contributed by atoms with Crippen LogP contribution in [0.25, 0.3) is 11.1 Å². The summed E-state index contributed by atoms with van der Waals surface area (Å²) in [5.74, 6) is -0.774. The summed E-state index contributed by atoms with van der Waals surface area (Å²) in [4.78, 5) is 12.2. The van der Waals surface area contributed by atoms with Crippen molar-refractivity contribution < 1.29 is 17.9 Å². The topological polar surface area (TPSA) is 96.3 Å². The van der Waals surface area contributed by atoms with Gasteiger partial charge in [0.1, 0.15) is 11.0 Å². The van der Waals surface area contributed by atoms with Crippen LogP contribution in [0.4, 0.5) is 0 Å². The van der Waals surface area contributed by atoms with Crippen LogP contribution in [0.3, 0.4) is 0 Å². The summed E-state index contributed by atoms with van der Waals surface area (Å²) >= 11 is 0. The first-order chi connectivity index (χ1) is 17.0. The van der Waals surface area contributed by atoms with E-state index in [1.54, 1.807) is 18.2 Å². The SMILES string of the molecule is N#Cc1ccccc1S(=O)(=O)NC(=O)c1ccc(COCc2ccc(-c3ccccc3)cc2)cc1. The molecule has 0 aliphatic heterocycles. The van der Waals surface area contributed by atoms with Crippen LogP contribution in [0.2, 0.25) is 0 Å². The highest BCUT2D eigenvalue weighted by molar-refractivity contribution is 7.90. The van der Waals surface area contributed by atoms with Crippen LogP contribution < -0.4 is 4.72 Å². The van der Waals surface area contributed by atoms with Crippen LogP contribution in [-0.2, 0) is 28.0 Å². The third kappa shape index (κ3) is 6.01. The first-order valence-corrected chi connectivity index (χ1v) is 12.3. The van der Waals surface area contributed by atoms with Crippen LogP contribution in [0.1, 0.15) is 27.0 Å². The minimum Gasteiger partial charge on any atom is -0.372 e. The zero-order chi connectivity index (χ0) is 24.7. The number of nitrogens with one attached hydrogen (secondary N) is 1. The molecule has 0 aromatic heterocycles. The summed E-state index contributed by atoms with van der Waals surface area (Å²) in [6.07, 6.45) is 0. The number of carbonyl (C=O) groups is 1. The molecular formula is C28H22N2O4S. The quantitative estimate of drug-likeness (QED) is 0.379. The lowest BCUT2D eigenvalue weighted by atomic mass is 10.0. The molecule has 0 aliphatic carbocycles. The van der Waals surface area contributed by atoms with Gasteiger partial charge in [-0.15, -0.1) is 0 Å². The van der Waals surface area contributed by atoms with Gasteiger partial charge in [-0.25, -0.2) is 13.1 Å². The van der Waals surface area contributed by atoms with Crippen molar-refractivity contribution in [3.05, 3.63) is 125 Å². The van der Waals surface area contributed by atoms with E-state index in [1.807, 2.05) is 41.1 Å². The second kappa shape index (κ2) is 10.8. The van der Waals surface area contributed by atoms with Crippen molar-refractivity contribution in [3.63, 3.8) is 0 Å². The zero-order valence-electron chi connectivity index (χ0n) is 18.7. The number of amides is 1. The van der Waals surface area contributed by atoms with Gasteiger partial charge in [0.05, 0.1) is 18.8 Å². The van der Waals surface area contributed by atoms with E-state index in [1.165, 1.54) is 30.3 Å². The molecule has 0 heterocycles. The van der Waals surface area contributed by atoms with Gasteiger partial charge in [-0.2, -0.15) is 5.26 Å². The smallest absolute Gasteiger partial charge is 0.265 e. The molecule has 35 heavy (non-hydrogen) atoms. The van der Waals surface area contributed by atoms with Gasteiger partial charge in [0.25, 0.3) is 15.9 Å². The predicted octanol–water partition coefficient (Wildman–Crippen LogP) is 5.06. The van der Waals surface area contributed by atoms with E-state index in [0.717, 1.165) is 22.3 Å². The predicted molar refractivity (Wildman–Crippen MR) is 133 cm³/mol. The molecule has 1 N–H and O–H groups in total. The Labute approximate surface area is 204 Å². The number of rotatable bonds is 8. The molecule has 1 amide bonds. The monoisotopic (exact) mass is 482 g/mol. The van der Waals surface area contributed by atoms with Crippen LogP contribution in [0, 0.1) is 11.3 Å². The molecule has 0 unspecified atom stereocenters. The molecule has 0 aliphatic rings. The number of ether oxygens (including phenoxy) is 1. The largest absolute Gasteiger partial charge is 0.372 e. The van der Waals surface area contributed by atoms with Crippen molar-refractivity contribution in [3.8, 4) is 17.2 Å². The van der Waals surface area contributed by atoms with Crippen molar-refractivity contribution in [2.45, 2.75) is 18.1 Å². The highest BCUT2D eigenvalue weighted by Gasteiger charge is 2.21. The number of benzene rings is 4. The standard InChI is InChI=1S/C28H22N2O4S/c29-18-26-8-4-5-9-27(26)35(32,33)30-28(31)25-16-12-22(13-17-25)20-34-19-21-10-14-24(15-11-21)23-6-2-1-3-7-23/h1-17H,19-20H2,(H,30,31). The molecule has 0 fully saturated rings. The average Bonchev–Trinajstić information content (AvgIpc) is 2.89. The van der Waals surface area contributed by atoms with Crippen LogP contribution >= 0.6 is 0 Å². The van der Waals surface area contributed by atoms with Crippen LogP contribution in [-0.4, -0.2) is 14.3 Å². The van der Waals surface area contributed by atoms with Gasteiger partial charge >= 0.3 is 0 Å². The summed E-state index contributed by atoms with van der Waals surface area (Å²) in [6, 6.07) is 32.3. The maximum atomic E-state index is 12.5. The molecule has 174 valence electrons. The lowest BCUT2D eigenvalue weighted by molar-refractivity contribution is 0.0980. The lowest BCUT2D eigenvalue weighted by Crippen LogP contribution is -2.31. The Morgan fingerprint density at radius 2 is 1.29 bits per heavy atom. The molecule has 6 nitrogen and oxygen atoms in total. The van der Waals surface area contributed by atoms with Crippen molar-refractivity contribution >= 4 is 15.9 Å². The van der Waals surface area contributed by atoms with E-state index in [-0.39, 0.29) is 16.0 Å². The Morgan fingerprint density at radius 3 is 1.91 bits per heavy atom. The van der Waals surface area contributed by atoms with E-state index in [2.05, 4.69) is 24.3 Å². The Hall–Kier alpha value is -4.25. The Bertz CT molecular complexity index is 1460. The van der Waals surface area contributed by atoms with Crippen molar-refractivity contribution in [2.24, 2.45) is 0 Å². The number of hydrogen-bond acceptors (Lipinski definition) is 5. The van der Waals surface area contributed by atoms with E-state index >= 15 is 0 Å². The number of sulfonamides is 1. The normalized spacial score (nSPS) is 10.9. The van der Waals surface area contributed by atoms with Gasteiger partial charge in [-0.1, -0.05) is 78.9 Å². The second-order valence-corrected chi connectivity index (χ2v) is 9.45. The van der Waals surface area contributed by atoms with Gasteiger partial charge in [-0.05, 0) is 46.5 Å². The van der Waals surface area contributed by atoms with Crippen molar-refractivity contribution in [2.75, 3.05) is 0 Å². The Morgan fingerprint density at radius 1 is 0.743 bits per heavy atom. The third-order valence-corrected chi connectivity index (χ3v) is 6.73. The van der Waals surface area contributed by atoms with Crippen LogP contribution in [0.15, 0.2) is 108 Å². The van der Waals surface area contributed by atoms with E-state index in [9.17, 15) is 13.2 Å². The van der Waals surface area contributed by atoms with Crippen molar-refractivity contribution in [1.29, 1.82) is 5.26 Å². The average molecular weight is 483 g/mol. The molecule has 7 heteroatoms. The summed E-state index contributed by atoms with van der Waals surface area (Å²) in [7, 11) is -4.17. The Balaban J connectivity index is 1.32. The van der Waals surface area contributed by atoms with Gasteiger partial charge in [0.2, 0.25) is 0 Å². The number of nitrogens with zero attached hydrogens (tertiary/aromatic N) is 1. The summed E-state index contributed by atoms with van der Waals surface area (Å²) < 4.78 is 32.9. The minimum atomic E-state index is -4.17. The molecule has 0 spiro atoms. The van der Waals surface area contributed by atoms with Gasteiger partial charge in [0, 0.05) is 5.56 Å². The van der Waals surface area contributed by atoms with Crippen LogP contribution in [0.5, 0.6) is 0 Å². The van der Waals surface area contributed by atoms with Gasteiger partial charge < -0.3 is 4.74 Å². The molecule has 4 aromatic carbocycles. The zero-order valence-corrected chi connectivity index (χ0v) is 19.5. The molecular weight excluding hydrogens is 460 g/mol. The number of nitriles is 1. The fourth-order valence-corrected chi connectivity index (χ4v) is 4.63. The maximum absolute atomic E-state index is 12.5. The fourth-order valence-electron chi connectivity index (χ4n) is 3.49. The maximum Gasteiger partial charge on any atom is 0.265 e. The highest BCUT2D eigenvalue weighted by atomic mass is 32.2. The van der Waals surface area contributed by atoms with Gasteiger partial charge in [0.15, 0.2) is 0 Å². The third-order valence-electron chi connectivity index (χ3n) is 5.34. The highest BCUT2D eigenvalue weighted by Crippen LogP contribution is 2.20.